The van der Waals surface area contributed by atoms with Gasteiger partial charge in [-0.05, 0) is 92.9 Å². The standard InChI is InChI=1S/C52H35NO/c1-4-14-36(15-5-1)42-32-43(37-16-6-2-7-17-37)34-45(33-42)53(50-25-12-21-39-20-10-11-22-46(39)50)44-29-26-38(27-30-44)41-28-31-51-49(35-41)48-24-13-23-47(52(48)54-51)40-18-8-3-9-19-40/h1-35H. The van der Waals surface area contributed by atoms with Crippen LogP contribution in [0.1, 0.15) is 0 Å². The molecule has 0 fully saturated rings. The molecule has 0 spiro atoms. The topological polar surface area (TPSA) is 16.4 Å². The molecule has 9 aromatic carbocycles. The third-order valence-electron chi connectivity index (χ3n) is 10.4. The Morgan fingerprint density at radius 1 is 0.315 bits per heavy atom. The van der Waals surface area contributed by atoms with Gasteiger partial charge in [-0.1, -0.05) is 164 Å². The third-order valence-corrected chi connectivity index (χ3v) is 10.4. The molecule has 10 aromatic rings. The molecule has 0 aliphatic heterocycles. The van der Waals surface area contributed by atoms with Crippen molar-refractivity contribution in [3.63, 3.8) is 0 Å². The average Bonchev–Trinajstić information content (AvgIpc) is 3.63. The largest absolute Gasteiger partial charge is 0.455 e. The van der Waals surface area contributed by atoms with Gasteiger partial charge in [-0.2, -0.15) is 0 Å². The number of benzene rings is 9. The highest BCUT2D eigenvalue weighted by molar-refractivity contribution is 6.10. The predicted molar refractivity (Wildman–Crippen MR) is 228 cm³/mol. The van der Waals surface area contributed by atoms with Crippen LogP contribution in [0.3, 0.4) is 0 Å². The van der Waals surface area contributed by atoms with E-state index in [2.05, 4.69) is 211 Å². The number of hydrogen-bond donors (Lipinski definition) is 0. The van der Waals surface area contributed by atoms with Gasteiger partial charge in [0.15, 0.2) is 0 Å². The van der Waals surface area contributed by atoms with Crippen LogP contribution < -0.4 is 4.90 Å². The first-order valence-electron chi connectivity index (χ1n) is 18.4. The Kier molecular flexibility index (Phi) is 7.85. The summed E-state index contributed by atoms with van der Waals surface area (Å²) in [7, 11) is 0. The van der Waals surface area contributed by atoms with Crippen molar-refractivity contribution in [1.82, 2.24) is 0 Å². The molecule has 2 heteroatoms. The van der Waals surface area contributed by atoms with Crippen molar-refractivity contribution in [3.05, 3.63) is 212 Å². The molecule has 0 N–H and O–H groups in total. The fourth-order valence-electron chi connectivity index (χ4n) is 7.79. The Bertz CT molecular complexity index is 2850. The second-order valence-electron chi connectivity index (χ2n) is 13.7. The summed E-state index contributed by atoms with van der Waals surface area (Å²) in [5.74, 6) is 0. The van der Waals surface area contributed by atoms with Crippen LogP contribution in [0.25, 0.3) is 77.2 Å². The average molecular weight is 690 g/mol. The highest BCUT2D eigenvalue weighted by atomic mass is 16.3. The van der Waals surface area contributed by atoms with E-state index < -0.39 is 0 Å². The molecule has 0 unspecified atom stereocenters. The Morgan fingerprint density at radius 3 is 1.57 bits per heavy atom. The van der Waals surface area contributed by atoms with Gasteiger partial charge in [-0.15, -0.1) is 0 Å². The lowest BCUT2D eigenvalue weighted by Crippen LogP contribution is -2.11. The van der Waals surface area contributed by atoms with Crippen LogP contribution >= 0.6 is 0 Å². The SMILES string of the molecule is c1ccc(-c2cc(-c3ccccc3)cc(N(c3ccc(-c4ccc5oc6c(-c7ccccc7)cccc6c5c4)cc3)c3cccc4ccccc34)c2)cc1. The number of rotatable bonds is 7. The summed E-state index contributed by atoms with van der Waals surface area (Å²) >= 11 is 0. The first kappa shape index (κ1) is 31.6. The van der Waals surface area contributed by atoms with Crippen LogP contribution in [-0.2, 0) is 0 Å². The number of hydrogen-bond acceptors (Lipinski definition) is 2. The van der Waals surface area contributed by atoms with Gasteiger partial charge >= 0.3 is 0 Å². The number of para-hydroxylation sites is 1. The van der Waals surface area contributed by atoms with E-state index in [-0.39, 0.29) is 0 Å². The summed E-state index contributed by atoms with van der Waals surface area (Å²) in [4.78, 5) is 2.41. The van der Waals surface area contributed by atoms with E-state index in [0.717, 1.165) is 61.3 Å². The van der Waals surface area contributed by atoms with E-state index in [1.54, 1.807) is 0 Å². The Morgan fingerprint density at radius 2 is 0.870 bits per heavy atom. The van der Waals surface area contributed by atoms with Gasteiger partial charge in [-0.3, -0.25) is 0 Å². The van der Waals surface area contributed by atoms with Crippen molar-refractivity contribution >= 4 is 49.8 Å². The Balaban J connectivity index is 1.11. The van der Waals surface area contributed by atoms with Gasteiger partial charge in [0, 0.05) is 33.1 Å². The Hall–Kier alpha value is -7.16. The van der Waals surface area contributed by atoms with E-state index in [0.29, 0.717) is 0 Å². The van der Waals surface area contributed by atoms with Gasteiger partial charge in [0.1, 0.15) is 11.2 Å². The second-order valence-corrected chi connectivity index (χ2v) is 13.7. The molecule has 0 saturated heterocycles. The molecule has 0 radical (unpaired) electrons. The zero-order valence-electron chi connectivity index (χ0n) is 29.6. The first-order chi connectivity index (χ1) is 26.8. The molecule has 1 heterocycles. The van der Waals surface area contributed by atoms with Crippen LogP contribution in [-0.4, -0.2) is 0 Å². The lowest BCUT2D eigenvalue weighted by Gasteiger charge is -2.28. The smallest absolute Gasteiger partial charge is 0.143 e. The fourth-order valence-corrected chi connectivity index (χ4v) is 7.79. The molecule has 54 heavy (non-hydrogen) atoms. The van der Waals surface area contributed by atoms with Gasteiger partial charge < -0.3 is 9.32 Å². The van der Waals surface area contributed by atoms with Crippen LogP contribution in [0.5, 0.6) is 0 Å². The molecule has 254 valence electrons. The number of furan rings is 1. The van der Waals surface area contributed by atoms with Crippen molar-refractivity contribution in [3.8, 4) is 44.5 Å². The molecular weight excluding hydrogens is 655 g/mol. The lowest BCUT2D eigenvalue weighted by atomic mass is 9.96. The fraction of sp³-hybridized carbons (Fsp3) is 0. The highest BCUT2D eigenvalue weighted by Crippen LogP contribution is 2.43. The normalized spacial score (nSPS) is 11.3. The Labute approximate surface area is 314 Å². The lowest BCUT2D eigenvalue weighted by molar-refractivity contribution is 0.670. The van der Waals surface area contributed by atoms with Gasteiger partial charge in [0.2, 0.25) is 0 Å². The van der Waals surface area contributed by atoms with Crippen molar-refractivity contribution in [2.75, 3.05) is 4.90 Å². The van der Waals surface area contributed by atoms with Crippen LogP contribution in [0, 0.1) is 0 Å². The summed E-state index contributed by atoms with van der Waals surface area (Å²) in [6.07, 6.45) is 0. The van der Waals surface area contributed by atoms with Crippen molar-refractivity contribution in [1.29, 1.82) is 0 Å². The summed E-state index contributed by atoms with van der Waals surface area (Å²) in [6.45, 7) is 0. The molecule has 0 bridgehead atoms. The molecule has 0 aliphatic carbocycles. The van der Waals surface area contributed by atoms with Crippen LogP contribution in [0.4, 0.5) is 17.1 Å². The monoisotopic (exact) mass is 689 g/mol. The molecule has 1 aromatic heterocycles. The molecule has 0 amide bonds. The van der Waals surface area contributed by atoms with Gasteiger partial charge in [0.25, 0.3) is 0 Å². The number of fused-ring (bicyclic) bond motifs is 4. The molecule has 0 aliphatic rings. The van der Waals surface area contributed by atoms with Gasteiger partial charge in [-0.25, -0.2) is 0 Å². The van der Waals surface area contributed by atoms with Crippen LogP contribution in [0.2, 0.25) is 0 Å². The number of nitrogens with zero attached hydrogens (tertiary/aromatic N) is 1. The van der Waals surface area contributed by atoms with Crippen molar-refractivity contribution < 1.29 is 4.42 Å². The summed E-state index contributed by atoms with van der Waals surface area (Å²) in [6, 6.07) is 75.9. The highest BCUT2D eigenvalue weighted by Gasteiger charge is 2.19. The minimum absolute atomic E-state index is 0.892. The van der Waals surface area contributed by atoms with E-state index in [1.807, 2.05) is 6.07 Å². The maximum atomic E-state index is 6.49. The van der Waals surface area contributed by atoms with E-state index in [4.69, 9.17) is 4.42 Å². The first-order valence-corrected chi connectivity index (χ1v) is 18.4. The number of anilines is 3. The van der Waals surface area contributed by atoms with Gasteiger partial charge in [0.05, 0.1) is 5.69 Å². The third kappa shape index (κ3) is 5.71. The zero-order chi connectivity index (χ0) is 35.8. The minimum Gasteiger partial charge on any atom is -0.455 e. The van der Waals surface area contributed by atoms with Crippen molar-refractivity contribution in [2.45, 2.75) is 0 Å². The molecular formula is C52H35NO. The second kappa shape index (κ2) is 13.4. The summed E-state index contributed by atoms with van der Waals surface area (Å²) in [5.41, 5.74) is 14.4. The minimum atomic E-state index is 0.892. The predicted octanol–water partition coefficient (Wildman–Crippen LogP) is 14.9. The van der Waals surface area contributed by atoms with E-state index in [9.17, 15) is 0 Å². The molecule has 10 rings (SSSR count). The van der Waals surface area contributed by atoms with Crippen molar-refractivity contribution in [2.24, 2.45) is 0 Å². The zero-order valence-corrected chi connectivity index (χ0v) is 29.6. The molecule has 0 atom stereocenters. The maximum Gasteiger partial charge on any atom is 0.143 e. The molecule has 0 saturated carbocycles. The van der Waals surface area contributed by atoms with Crippen LogP contribution in [0.15, 0.2) is 217 Å². The molecule has 2 nitrogen and oxygen atoms in total. The quantitative estimate of drug-likeness (QED) is 0.166. The van der Waals surface area contributed by atoms with E-state index in [1.165, 1.54) is 33.0 Å². The maximum absolute atomic E-state index is 6.49. The summed E-state index contributed by atoms with van der Waals surface area (Å²) in [5, 5.41) is 4.64. The summed E-state index contributed by atoms with van der Waals surface area (Å²) < 4.78 is 6.49. The van der Waals surface area contributed by atoms with E-state index >= 15 is 0 Å².